The highest BCUT2D eigenvalue weighted by Crippen LogP contribution is 2.09. The van der Waals surface area contributed by atoms with Crippen LogP contribution in [-0.4, -0.2) is 42.8 Å². The molecule has 0 aromatic heterocycles. The van der Waals surface area contributed by atoms with Crippen LogP contribution in [0.5, 0.6) is 0 Å². The van der Waals surface area contributed by atoms with Gasteiger partial charge in [-0.1, -0.05) is 30.3 Å². The van der Waals surface area contributed by atoms with Crippen molar-refractivity contribution in [2.24, 2.45) is 0 Å². The molecule has 1 fully saturated rings. The molecule has 0 bridgehead atoms. The van der Waals surface area contributed by atoms with Crippen LogP contribution in [0.2, 0.25) is 0 Å². The molecule has 0 saturated carbocycles. The number of hydrogen-bond acceptors (Lipinski definition) is 4. The largest absolute Gasteiger partial charge is 0.444 e. The zero-order chi connectivity index (χ0) is 17.6. The second-order valence-corrected chi connectivity index (χ2v) is 7.09. The Hall–Kier alpha value is -2.08. The standard InChI is InChI=1S/C18H27N3O3/c1-18(2,3)24-17(23)21-15(11-13-7-5-4-6-8-13)16(22)20-14-9-10-19-12-14/h4-8,14-15,19H,9-12H2,1-3H3,(H,20,22)(H,21,23). The number of nitrogens with one attached hydrogen (secondary N) is 3. The van der Waals surface area contributed by atoms with Crippen molar-refractivity contribution in [3.8, 4) is 0 Å². The van der Waals surface area contributed by atoms with Gasteiger partial charge in [-0.05, 0) is 39.3 Å². The Bertz CT molecular complexity index is 548. The Morgan fingerprint density at radius 3 is 2.58 bits per heavy atom. The van der Waals surface area contributed by atoms with Gasteiger partial charge < -0.3 is 20.7 Å². The first kappa shape index (κ1) is 18.3. The van der Waals surface area contributed by atoms with E-state index < -0.39 is 17.7 Å². The average Bonchev–Trinajstić information content (AvgIpc) is 2.98. The van der Waals surface area contributed by atoms with E-state index in [1.807, 2.05) is 30.3 Å². The van der Waals surface area contributed by atoms with Gasteiger partial charge in [0.05, 0.1) is 0 Å². The van der Waals surface area contributed by atoms with Crippen molar-refractivity contribution in [2.45, 2.75) is 51.3 Å². The molecule has 6 heteroatoms. The van der Waals surface area contributed by atoms with Crippen molar-refractivity contribution in [1.82, 2.24) is 16.0 Å². The third-order valence-electron chi connectivity index (χ3n) is 3.70. The highest BCUT2D eigenvalue weighted by molar-refractivity contribution is 5.86. The van der Waals surface area contributed by atoms with Gasteiger partial charge in [-0.25, -0.2) is 4.79 Å². The summed E-state index contributed by atoms with van der Waals surface area (Å²) in [7, 11) is 0. The van der Waals surface area contributed by atoms with Crippen LogP contribution in [0.3, 0.4) is 0 Å². The van der Waals surface area contributed by atoms with Crippen molar-refractivity contribution in [3.05, 3.63) is 35.9 Å². The summed E-state index contributed by atoms with van der Waals surface area (Å²) in [5, 5.41) is 8.91. The van der Waals surface area contributed by atoms with E-state index in [0.717, 1.165) is 25.1 Å². The van der Waals surface area contributed by atoms with Crippen molar-refractivity contribution in [3.63, 3.8) is 0 Å². The van der Waals surface area contributed by atoms with Crippen LogP contribution in [0.25, 0.3) is 0 Å². The Balaban J connectivity index is 2.02. The Morgan fingerprint density at radius 1 is 1.29 bits per heavy atom. The molecule has 6 nitrogen and oxygen atoms in total. The smallest absolute Gasteiger partial charge is 0.408 e. The zero-order valence-corrected chi connectivity index (χ0v) is 14.6. The Morgan fingerprint density at radius 2 is 2.00 bits per heavy atom. The van der Waals surface area contributed by atoms with Gasteiger partial charge in [0.1, 0.15) is 11.6 Å². The van der Waals surface area contributed by atoms with E-state index in [1.54, 1.807) is 20.8 Å². The lowest BCUT2D eigenvalue weighted by molar-refractivity contribution is -0.123. The van der Waals surface area contributed by atoms with Crippen LogP contribution in [-0.2, 0) is 16.0 Å². The van der Waals surface area contributed by atoms with E-state index in [-0.39, 0.29) is 11.9 Å². The Labute approximate surface area is 143 Å². The van der Waals surface area contributed by atoms with Crippen LogP contribution in [0.4, 0.5) is 4.79 Å². The molecular weight excluding hydrogens is 306 g/mol. The van der Waals surface area contributed by atoms with Crippen molar-refractivity contribution in [2.75, 3.05) is 13.1 Å². The summed E-state index contributed by atoms with van der Waals surface area (Å²) in [6.45, 7) is 7.04. The molecule has 1 aliphatic heterocycles. The minimum absolute atomic E-state index is 0.108. The van der Waals surface area contributed by atoms with Gasteiger partial charge in [-0.2, -0.15) is 0 Å². The van der Waals surface area contributed by atoms with Gasteiger partial charge in [0, 0.05) is 19.0 Å². The summed E-state index contributed by atoms with van der Waals surface area (Å²) in [5.74, 6) is -0.182. The third-order valence-corrected chi connectivity index (χ3v) is 3.70. The van der Waals surface area contributed by atoms with E-state index in [4.69, 9.17) is 4.74 Å². The molecule has 0 spiro atoms. The van der Waals surface area contributed by atoms with Gasteiger partial charge in [0.2, 0.25) is 5.91 Å². The molecule has 3 N–H and O–H groups in total. The maximum absolute atomic E-state index is 12.6. The number of amides is 2. The number of ether oxygens (including phenoxy) is 1. The number of rotatable bonds is 5. The van der Waals surface area contributed by atoms with E-state index >= 15 is 0 Å². The number of hydrogen-bond donors (Lipinski definition) is 3. The third kappa shape index (κ3) is 6.20. The molecule has 2 amide bonds. The SMILES string of the molecule is CC(C)(C)OC(=O)NC(Cc1ccccc1)C(=O)NC1CCNC1. The van der Waals surface area contributed by atoms with Gasteiger partial charge >= 0.3 is 6.09 Å². The van der Waals surface area contributed by atoms with Crippen molar-refractivity contribution in [1.29, 1.82) is 0 Å². The maximum atomic E-state index is 12.6. The Kier molecular flexibility index (Phi) is 6.20. The number of benzene rings is 1. The molecule has 0 aliphatic carbocycles. The molecular formula is C18H27N3O3. The van der Waals surface area contributed by atoms with E-state index in [0.29, 0.717) is 6.42 Å². The van der Waals surface area contributed by atoms with Gasteiger partial charge in [0.25, 0.3) is 0 Å². The lowest BCUT2D eigenvalue weighted by Gasteiger charge is -2.24. The zero-order valence-electron chi connectivity index (χ0n) is 14.6. The second kappa shape index (κ2) is 8.15. The van der Waals surface area contributed by atoms with Gasteiger partial charge in [0.15, 0.2) is 0 Å². The van der Waals surface area contributed by atoms with Crippen LogP contribution in [0.15, 0.2) is 30.3 Å². The molecule has 2 atom stereocenters. The van der Waals surface area contributed by atoms with Crippen molar-refractivity contribution < 1.29 is 14.3 Å². The molecule has 132 valence electrons. The molecule has 2 rings (SSSR count). The fourth-order valence-corrected chi connectivity index (χ4v) is 2.59. The highest BCUT2D eigenvalue weighted by atomic mass is 16.6. The minimum atomic E-state index is -0.664. The summed E-state index contributed by atoms with van der Waals surface area (Å²) in [5.41, 5.74) is 0.381. The second-order valence-electron chi connectivity index (χ2n) is 7.09. The molecule has 1 saturated heterocycles. The van der Waals surface area contributed by atoms with Gasteiger partial charge in [-0.15, -0.1) is 0 Å². The molecule has 24 heavy (non-hydrogen) atoms. The highest BCUT2D eigenvalue weighted by Gasteiger charge is 2.27. The lowest BCUT2D eigenvalue weighted by atomic mass is 10.0. The predicted molar refractivity (Wildman–Crippen MR) is 92.7 cm³/mol. The molecule has 1 aliphatic rings. The maximum Gasteiger partial charge on any atom is 0.408 e. The fraction of sp³-hybridized carbons (Fsp3) is 0.556. The first-order chi connectivity index (χ1) is 11.3. The topological polar surface area (TPSA) is 79.5 Å². The summed E-state index contributed by atoms with van der Waals surface area (Å²) in [6.07, 6.45) is 0.741. The number of carbonyl (C=O) groups is 2. The quantitative estimate of drug-likeness (QED) is 0.765. The van der Waals surface area contributed by atoms with Crippen molar-refractivity contribution >= 4 is 12.0 Å². The summed E-state index contributed by atoms with van der Waals surface area (Å²) in [6, 6.07) is 9.07. The van der Waals surface area contributed by atoms with Crippen LogP contribution in [0, 0.1) is 0 Å². The molecule has 1 heterocycles. The van der Waals surface area contributed by atoms with Crippen LogP contribution in [0.1, 0.15) is 32.8 Å². The van der Waals surface area contributed by atoms with Crippen LogP contribution < -0.4 is 16.0 Å². The summed E-state index contributed by atoms with van der Waals surface area (Å²) in [4.78, 5) is 24.7. The lowest BCUT2D eigenvalue weighted by Crippen LogP contribution is -2.52. The fourth-order valence-electron chi connectivity index (χ4n) is 2.59. The van der Waals surface area contributed by atoms with E-state index in [1.165, 1.54) is 0 Å². The van der Waals surface area contributed by atoms with E-state index in [2.05, 4.69) is 16.0 Å². The summed E-state index contributed by atoms with van der Waals surface area (Å²) < 4.78 is 5.28. The molecule has 1 aromatic carbocycles. The number of carbonyl (C=O) groups excluding carboxylic acids is 2. The minimum Gasteiger partial charge on any atom is -0.444 e. The molecule has 0 radical (unpaired) electrons. The number of alkyl carbamates (subject to hydrolysis) is 1. The predicted octanol–water partition coefficient (Wildman–Crippen LogP) is 1.60. The molecule has 1 aromatic rings. The normalized spacial score (nSPS) is 18.7. The average molecular weight is 333 g/mol. The molecule has 2 unspecified atom stereocenters. The first-order valence-corrected chi connectivity index (χ1v) is 8.38. The van der Waals surface area contributed by atoms with E-state index in [9.17, 15) is 9.59 Å². The monoisotopic (exact) mass is 333 g/mol. The van der Waals surface area contributed by atoms with Gasteiger partial charge in [-0.3, -0.25) is 4.79 Å². The van der Waals surface area contributed by atoms with Crippen LogP contribution >= 0.6 is 0 Å². The first-order valence-electron chi connectivity index (χ1n) is 8.38. The summed E-state index contributed by atoms with van der Waals surface area (Å²) >= 11 is 0.